The lowest BCUT2D eigenvalue weighted by atomic mass is 9.86. The Bertz CT molecular complexity index is 290. The Balaban J connectivity index is 1.94. The van der Waals surface area contributed by atoms with E-state index in [1.54, 1.807) is 0 Å². The molecule has 0 amide bonds. The van der Waals surface area contributed by atoms with E-state index in [1.807, 2.05) is 0 Å². The van der Waals surface area contributed by atoms with Crippen LogP contribution in [0.5, 0.6) is 0 Å². The van der Waals surface area contributed by atoms with E-state index in [9.17, 15) is 0 Å². The third-order valence-corrected chi connectivity index (χ3v) is 5.59. The number of nitrogens with one attached hydrogen (secondary N) is 1. The molecule has 3 atom stereocenters. The average molecular weight is 267 g/mol. The van der Waals surface area contributed by atoms with Crippen LogP contribution < -0.4 is 5.32 Å². The first-order valence-corrected chi connectivity index (χ1v) is 8.11. The summed E-state index contributed by atoms with van der Waals surface area (Å²) in [5.41, 5.74) is 0.438. The molecule has 3 unspecified atom stereocenters. The van der Waals surface area contributed by atoms with Gasteiger partial charge in [-0.2, -0.15) is 0 Å². The van der Waals surface area contributed by atoms with Gasteiger partial charge in [0.15, 0.2) is 0 Å². The molecule has 2 fully saturated rings. The fourth-order valence-electron chi connectivity index (χ4n) is 4.41. The zero-order valence-electron chi connectivity index (χ0n) is 13.6. The van der Waals surface area contributed by atoms with Crippen molar-refractivity contribution in [2.45, 2.75) is 64.6 Å². The highest BCUT2D eigenvalue weighted by Crippen LogP contribution is 2.39. The zero-order valence-corrected chi connectivity index (χ0v) is 13.6. The maximum Gasteiger partial charge on any atom is 0.0271 e. The predicted octanol–water partition coefficient (Wildman–Crippen LogP) is 2.18. The van der Waals surface area contributed by atoms with Gasteiger partial charge in [-0.25, -0.2) is 0 Å². The summed E-state index contributed by atoms with van der Waals surface area (Å²) in [6.07, 6.45) is 5.46. The Morgan fingerprint density at radius 2 is 2.05 bits per heavy atom. The van der Waals surface area contributed by atoms with Crippen LogP contribution in [-0.2, 0) is 0 Å². The molecular weight excluding hydrogens is 234 g/mol. The van der Waals surface area contributed by atoms with Crippen LogP contribution in [-0.4, -0.2) is 61.7 Å². The van der Waals surface area contributed by atoms with E-state index in [2.05, 4.69) is 50.0 Å². The Hall–Kier alpha value is -0.120. The molecule has 1 aliphatic carbocycles. The third kappa shape index (κ3) is 3.14. The first-order chi connectivity index (χ1) is 8.99. The fourth-order valence-corrected chi connectivity index (χ4v) is 4.41. The van der Waals surface area contributed by atoms with Crippen molar-refractivity contribution >= 4 is 0 Å². The molecule has 19 heavy (non-hydrogen) atoms. The molecule has 0 radical (unpaired) electrons. The summed E-state index contributed by atoms with van der Waals surface area (Å²) in [7, 11) is 4.47. The van der Waals surface area contributed by atoms with Crippen LogP contribution in [0.4, 0.5) is 0 Å². The van der Waals surface area contributed by atoms with Crippen molar-refractivity contribution in [3.05, 3.63) is 0 Å². The maximum atomic E-state index is 3.58. The Morgan fingerprint density at radius 3 is 2.68 bits per heavy atom. The number of rotatable bonds is 5. The second-order valence-corrected chi connectivity index (χ2v) is 7.23. The molecule has 1 aliphatic heterocycles. The Morgan fingerprint density at radius 1 is 1.32 bits per heavy atom. The van der Waals surface area contributed by atoms with Crippen LogP contribution >= 0.6 is 0 Å². The fraction of sp³-hybridized carbons (Fsp3) is 1.00. The van der Waals surface area contributed by atoms with Gasteiger partial charge in [-0.1, -0.05) is 20.8 Å². The first-order valence-electron chi connectivity index (χ1n) is 8.11. The smallest absolute Gasteiger partial charge is 0.0271 e. The van der Waals surface area contributed by atoms with E-state index in [1.165, 1.54) is 45.3 Å². The van der Waals surface area contributed by atoms with Crippen molar-refractivity contribution in [1.82, 2.24) is 15.1 Å². The topological polar surface area (TPSA) is 18.5 Å². The standard InChI is InChI=1S/C16H33N3/c1-6-19-11-7-8-13(19)12-18(5)14-9-10-16(2,3)15(14)17-4/h13-15,17H,6-12H2,1-5H3. The number of nitrogens with zero attached hydrogens (tertiary/aromatic N) is 2. The number of hydrogen-bond acceptors (Lipinski definition) is 3. The van der Waals surface area contributed by atoms with E-state index in [-0.39, 0.29) is 0 Å². The monoisotopic (exact) mass is 267 g/mol. The van der Waals surface area contributed by atoms with Gasteiger partial charge < -0.3 is 10.2 Å². The van der Waals surface area contributed by atoms with Crippen LogP contribution in [0.3, 0.4) is 0 Å². The summed E-state index contributed by atoms with van der Waals surface area (Å²) in [5.74, 6) is 0. The van der Waals surface area contributed by atoms with Gasteiger partial charge in [-0.3, -0.25) is 4.90 Å². The predicted molar refractivity (Wildman–Crippen MR) is 82.5 cm³/mol. The van der Waals surface area contributed by atoms with Crippen molar-refractivity contribution in [3.63, 3.8) is 0 Å². The summed E-state index contributed by atoms with van der Waals surface area (Å²) in [6.45, 7) is 10.9. The average Bonchev–Trinajstić information content (AvgIpc) is 2.92. The second kappa shape index (κ2) is 6.11. The molecule has 3 heteroatoms. The van der Waals surface area contributed by atoms with E-state index >= 15 is 0 Å². The minimum absolute atomic E-state index is 0.438. The van der Waals surface area contributed by atoms with Crippen LogP contribution in [0.1, 0.15) is 46.5 Å². The molecular formula is C16H33N3. The largest absolute Gasteiger partial charge is 0.315 e. The third-order valence-electron chi connectivity index (χ3n) is 5.59. The minimum Gasteiger partial charge on any atom is -0.315 e. The van der Waals surface area contributed by atoms with Gasteiger partial charge in [0.2, 0.25) is 0 Å². The molecule has 1 saturated carbocycles. The summed E-state index contributed by atoms with van der Waals surface area (Å²) < 4.78 is 0. The van der Waals surface area contributed by atoms with E-state index < -0.39 is 0 Å². The van der Waals surface area contributed by atoms with Gasteiger partial charge >= 0.3 is 0 Å². The van der Waals surface area contributed by atoms with Crippen molar-refractivity contribution in [2.24, 2.45) is 5.41 Å². The molecule has 1 heterocycles. The number of hydrogen-bond donors (Lipinski definition) is 1. The van der Waals surface area contributed by atoms with Gasteiger partial charge in [0.05, 0.1) is 0 Å². The normalized spacial score (nSPS) is 35.4. The molecule has 0 spiro atoms. The highest BCUT2D eigenvalue weighted by Gasteiger charge is 2.43. The highest BCUT2D eigenvalue weighted by molar-refractivity contribution is 5.00. The van der Waals surface area contributed by atoms with Crippen molar-refractivity contribution in [3.8, 4) is 0 Å². The lowest BCUT2D eigenvalue weighted by molar-refractivity contribution is 0.135. The summed E-state index contributed by atoms with van der Waals surface area (Å²) in [6, 6.07) is 2.13. The molecule has 3 nitrogen and oxygen atoms in total. The zero-order chi connectivity index (χ0) is 14.0. The molecule has 2 rings (SSSR count). The Labute approximate surface area is 119 Å². The SMILES string of the molecule is CCN1CCCC1CN(C)C1CCC(C)(C)C1NC. The van der Waals surface area contributed by atoms with Crippen LogP contribution in [0.2, 0.25) is 0 Å². The van der Waals surface area contributed by atoms with Gasteiger partial charge in [0, 0.05) is 24.7 Å². The van der Waals surface area contributed by atoms with E-state index in [0.717, 1.165) is 6.04 Å². The van der Waals surface area contributed by atoms with Gasteiger partial charge in [0.25, 0.3) is 0 Å². The summed E-state index contributed by atoms with van der Waals surface area (Å²) in [5, 5.41) is 3.58. The number of likely N-dealkylation sites (N-methyl/N-ethyl adjacent to an activating group) is 3. The second-order valence-electron chi connectivity index (χ2n) is 7.23. The van der Waals surface area contributed by atoms with Crippen LogP contribution in [0.15, 0.2) is 0 Å². The molecule has 1 N–H and O–H groups in total. The first kappa shape index (κ1) is 15.3. The van der Waals surface area contributed by atoms with Crippen LogP contribution in [0, 0.1) is 5.41 Å². The van der Waals surface area contributed by atoms with Gasteiger partial charge in [-0.05, 0) is 58.3 Å². The molecule has 0 bridgehead atoms. The molecule has 1 saturated heterocycles. The minimum atomic E-state index is 0.438. The molecule has 0 aromatic rings. The van der Waals surface area contributed by atoms with Crippen molar-refractivity contribution in [1.29, 1.82) is 0 Å². The summed E-state index contributed by atoms with van der Waals surface area (Å²) in [4.78, 5) is 5.29. The van der Waals surface area contributed by atoms with Crippen LogP contribution in [0.25, 0.3) is 0 Å². The van der Waals surface area contributed by atoms with Crippen molar-refractivity contribution in [2.75, 3.05) is 33.7 Å². The van der Waals surface area contributed by atoms with E-state index in [0.29, 0.717) is 17.5 Å². The molecule has 112 valence electrons. The van der Waals surface area contributed by atoms with Gasteiger partial charge in [-0.15, -0.1) is 0 Å². The highest BCUT2D eigenvalue weighted by atomic mass is 15.2. The maximum absolute atomic E-state index is 3.58. The van der Waals surface area contributed by atoms with Gasteiger partial charge in [0.1, 0.15) is 0 Å². The number of likely N-dealkylation sites (tertiary alicyclic amines) is 1. The molecule has 2 aliphatic rings. The molecule has 0 aromatic carbocycles. The Kier molecular flexibility index (Phi) is 4.91. The lowest BCUT2D eigenvalue weighted by Gasteiger charge is -2.37. The summed E-state index contributed by atoms with van der Waals surface area (Å²) >= 11 is 0. The van der Waals surface area contributed by atoms with E-state index in [4.69, 9.17) is 0 Å². The van der Waals surface area contributed by atoms with Crippen molar-refractivity contribution < 1.29 is 0 Å². The quantitative estimate of drug-likeness (QED) is 0.824. The lowest BCUT2D eigenvalue weighted by Crippen LogP contribution is -2.52. The molecule has 0 aromatic heterocycles.